The lowest BCUT2D eigenvalue weighted by molar-refractivity contribution is -0.137. The van der Waals surface area contributed by atoms with Gasteiger partial charge in [-0.25, -0.2) is 0 Å². The maximum Gasteiger partial charge on any atom is 0.303 e. The van der Waals surface area contributed by atoms with Crippen molar-refractivity contribution < 1.29 is 14.7 Å². The third-order valence-corrected chi connectivity index (χ3v) is 4.44. The van der Waals surface area contributed by atoms with Crippen LogP contribution < -0.4 is 0 Å². The second-order valence-electron chi connectivity index (χ2n) is 6.97. The number of carbonyl (C=O) groups is 2. The summed E-state index contributed by atoms with van der Waals surface area (Å²) >= 11 is 0. The van der Waals surface area contributed by atoms with Gasteiger partial charge in [-0.3, -0.25) is 9.59 Å². The Hall–Kier alpha value is -1.12. The largest absolute Gasteiger partial charge is 0.481 e. The van der Waals surface area contributed by atoms with Gasteiger partial charge in [0.1, 0.15) is 5.78 Å². The lowest BCUT2D eigenvalue weighted by atomic mass is 10.1. The predicted molar refractivity (Wildman–Crippen MR) is 113 cm³/mol. The molecule has 3 heteroatoms. The van der Waals surface area contributed by atoms with Crippen molar-refractivity contribution in [1.82, 2.24) is 0 Å². The van der Waals surface area contributed by atoms with Gasteiger partial charge in [0, 0.05) is 19.3 Å². The molecule has 0 unspecified atom stereocenters. The first kappa shape index (κ1) is 27.1. The lowest BCUT2D eigenvalue weighted by Crippen LogP contribution is -1.93. The SMILES string of the molecule is CCC(=O)CC.CCCCCCCCC=CCCCCCCCC(=O)O. The summed E-state index contributed by atoms with van der Waals surface area (Å²) in [6.07, 6.45) is 22.6. The van der Waals surface area contributed by atoms with Crippen molar-refractivity contribution in [2.45, 2.75) is 124 Å². The monoisotopic (exact) mass is 368 g/mol. The summed E-state index contributed by atoms with van der Waals surface area (Å²) in [6.45, 7) is 6.02. The highest BCUT2D eigenvalue weighted by atomic mass is 16.4. The van der Waals surface area contributed by atoms with Crippen LogP contribution in [0.15, 0.2) is 12.2 Å². The Morgan fingerprint density at radius 3 is 1.46 bits per heavy atom. The minimum absolute atomic E-state index is 0.332. The van der Waals surface area contributed by atoms with Crippen molar-refractivity contribution >= 4 is 11.8 Å². The van der Waals surface area contributed by atoms with Crippen molar-refractivity contribution in [3.63, 3.8) is 0 Å². The lowest BCUT2D eigenvalue weighted by Gasteiger charge is -1.99. The summed E-state index contributed by atoms with van der Waals surface area (Å²) in [5.74, 6) is -0.322. The van der Waals surface area contributed by atoms with Crippen LogP contribution in [-0.2, 0) is 9.59 Å². The molecular weight excluding hydrogens is 324 g/mol. The maximum atomic E-state index is 10.3. The smallest absolute Gasteiger partial charge is 0.303 e. The van der Waals surface area contributed by atoms with E-state index in [1.807, 2.05) is 13.8 Å². The quantitative estimate of drug-likeness (QED) is 0.214. The summed E-state index contributed by atoms with van der Waals surface area (Å²) < 4.78 is 0. The molecule has 0 aromatic rings. The Labute approximate surface area is 162 Å². The van der Waals surface area contributed by atoms with Crippen LogP contribution >= 0.6 is 0 Å². The van der Waals surface area contributed by atoms with Crippen LogP contribution in [0.1, 0.15) is 124 Å². The normalized spacial score (nSPS) is 10.6. The Kier molecular flexibility index (Phi) is 24.9. The van der Waals surface area contributed by atoms with E-state index in [0.717, 1.165) is 12.8 Å². The number of unbranched alkanes of at least 4 members (excludes halogenated alkanes) is 11. The summed E-state index contributed by atoms with van der Waals surface area (Å²) in [7, 11) is 0. The topological polar surface area (TPSA) is 54.4 Å². The van der Waals surface area contributed by atoms with Gasteiger partial charge in [-0.15, -0.1) is 0 Å². The zero-order valence-corrected chi connectivity index (χ0v) is 17.7. The third-order valence-electron chi connectivity index (χ3n) is 4.44. The first-order valence-corrected chi connectivity index (χ1v) is 11.0. The minimum Gasteiger partial charge on any atom is -0.481 e. The van der Waals surface area contributed by atoms with Gasteiger partial charge < -0.3 is 5.11 Å². The Morgan fingerprint density at radius 2 is 1.08 bits per heavy atom. The molecule has 0 fully saturated rings. The molecule has 3 nitrogen and oxygen atoms in total. The molecule has 0 aliphatic rings. The standard InChI is InChI=1S/C18H34O2.C5H10O/c1-2-3-4-5-6-7-8-9-10-11-12-13-14-15-16-17-18(19)20;1-3-5(6)4-2/h9-10H,2-8,11-17H2,1H3,(H,19,20);3-4H2,1-2H3. The highest BCUT2D eigenvalue weighted by Crippen LogP contribution is 2.09. The van der Waals surface area contributed by atoms with Crippen molar-refractivity contribution in [3.8, 4) is 0 Å². The minimum atomic E-state index is -0.664. The Morgan fingerprint density at radius 1 is 0.654 bits per heavy atom. The third kappa shape index (κ3) is 27.7. The number of carboxylic acid groups (broad SMARTS) is 1. The molecule has 0 radical (unpaired) electrons. The molecule has 0 amide bonds. The first-order valence-electron chi connectivity index (χ1n) is 11.0. The summed E-state index contributed by atoms with van der Waals surface area (Å²) in [5, 5.41) is 8.51. The molecule has 0 aliphatic carbocycles. The fourth-order valence-corrected chi connectivity index (χ4v) is 2.60. The van der Waals surface area contributed by atoms with E-state index >= 15 is 0 Å². The van der Waals surface area contributed by atoms with Gasteiger partial charge in [0.15, 0.2) is 0 Å². The molecule has 0 aromatic heterocycles. The molecule has 154 valence electrons. The van der Waals surface area contributed by atoms with Gasteiger partial charge in [-0.05, 0) is 32.1 Å². The van der Waals surface area contributed by atoms with Gasteiger partial charge in [0.05, 0.1) is 0 Å². The van der Waals surface area contributed by atoms with E-state index < -0.39 is 5.97 Å². The van der Waals surface area contributed by atoms with Crippen LogP contribution in [0.4, 0.5) is 0 Å². The van der Waals surface area contributed by atoms with Crippen LogP contribution in [0.3, 0.4) is 0 Å². The number of carbonyl (C=O) groups excluding carboxylic acids is 1. The van der Waals surface area contributed by atoms with Crippen LogP contribution in [0.25, 0.3) is 0 Å². The van der Waals surface area contributed by atoms with Gasteiger partial charge in [0.2, 0.25) is 0 Å². The molecule has 0 aliphatic heterocycles. The number of aliphatic carboxylic acids is 1. The molecule has 0 saturated heterocycles. The number of Topliss-reactive ketones (excluding diaryl/α,β-unsaturated/α-hetero) is 1. The highest BCUT2D eigenvalue weighted by Gasteiger charge is 1.95. The average molecular weight is 369 g/mol. The fourth-order valence-electron chi connectivity index (χ4n) is 2.60. The molecule has 1 N–H and O–H groups in total. The highest BCUT2D eigenvalue weighted by molar-refractivity contribution is 5.77. The summed E-state index contributed by atoms with van der Waals surface area (Å²) in [6, 6.07) is 0. The second-order valence-corrected chi connectivity index (χ2v) is 6.97. The van der Waals surface area contributed by atoms with Crippen LogP contribution in [0, 0.1) is 0 Å². The molecule has 0 atom stereocenters. The number of allylic oxidation sites excluding steroid dienone is 2. The van der Waals surface area contributed by atoms with Crippen LogP contribution in [-0.4, -0.2) is 16.9 Å². The summed E-state index contributed by atoms with van der Waals surface area (Å²) in [5.41, 5.74) is 0. The Bertz CT molecular complexity index is 328. The van der Waals surface area contributed by atoms with Crippen molar-refractivity contribution in [2.24, 2.45) is 0 Å². The molecule has 0 heterocycles. The number of hydrogen-bond donors (Lipinski definition) is 1. The van der Waals surface area contributed by atoms with Crippen LogP contribution in [0.2, 0.25) is 0 Å². The van der Waals surface area contributed by atoms with Crippen LogP contribution in [0.5, 0.6) is 0 Å². The maximum absolute atomic E-state index is 10.3. The zero-order valence-electron chi connectivity index (χ0n) is 17.7. The van der Waals surface area contributed by atoms with Gasteiger partial charge >= 0.3 is 5.97 Å². The van der Waals surface area contributed by atoms with Crippen molar-refractivity contribution in [2.75, 3.05) is 0 Å². The van der Waals surface area contributed by atoms with E-state index in [-0.39, 0.29) is 0 Å². The Balaban J connectivity index is 0. The molecule has 0 rings (SSSR count). The van der Waals surface area contributed by atoms with E-state index in [9.17, 15) is 9.59 Å². The molecule has 0 aromatic carbocycles. The molecule has 0 saturated carbocycles. The van der Waals surface area contributed by atoms with E-state index in [2.05, 4.69) is 19.1 Å². The number of hydrogen-bond acceptors (Lipinski definition) is 2. The zero-order chi connectivity index (χ0) is 19.9. The number of rotatable bonds is 17. The van der Waals surface area contributed by atoms with Crippen molar-refractivity contribution in [1.29, 1.82) is 0 Å². The predicted octanol–water partition coefficient (Wildman–Crippen LogP) is 7.48. The van der Waals surface area contributed by atoms with Gasteiger partial charge in [-0.1, -0.05) is 84.3 Å². The van der Waals surface area contributed by atoms with E-state index in [0.29, 0.717) is 25.0 Å². The van der Waals surface area contributed by atoms with Crippen molar-refractivity contribution in [3.05, 3.63) is 12.2 Å². The number of ketones is 1. The molecular formula is C23H44O3. The summed E-state index contributed by atoms with van der Waals surface area (Å²) in [4.78, 5) is 20.5. The molecule has 0 spiro atoms. The van der Waals surface area contributed by atoms with E-state index in [1.54, 1.807) is 0 Å². The molecule has 26 heavy (non-hydrogen) atoms. The van der Waals surface area contributed by atoms with Gasteiger partial charge in [0.25, 0.3) is 0 Å². The van der Waals surface area contributed by atoms with E-state index in [1.165, 1.54) is 70.6 Å². The van der Waals surface area contributed by atoms with Gasteiger partial charge in [-0.2, -0.15) is 0 Å². The second kappa shape index (κ2) is 23.9. The van der Waals surface area contributed by atoms with E-state index in [4.69, 9.17) is 5.11 Å². The number of carboxylic acids is 1. The first-order chi connectivity index (χ1) is 12.6. The molecule has 0 bridgehead atoms. The fraction of sp³-hybridized carbons (Fsp3) is 0.826. The average Bonchev–Trinajstić information content (AvgIpc) is 2.64.